The maximum Gasteiger partial charge on any atom is 0.325 e. The minimum absolute atomic E-state index is 0.0687. The minimum Gasteiger partial charge on any atom is -0.497 e. The van der Waals surface area contributed by atoms with E-state index in [4.69, 9.17) is 9.47 Å². The summed E-state index contributed by atoms with van der Waals surface area (Å²) in [6.07, 6.45) is 0. The van der Waals surface area contributed by atoms with E-state index in [1.165, 1.54) is 24.3 Å². The van der Waals surface area contributed by atoms with Gasteiger partial charge in [-0.1, -0.05) is 0 Å². The number of imide groups is 1. The molecule has 9 heteroatoms. The van der Waals surface area contributed by atoms with Gasteiger partial charge in [0.15, 0.2) is 0 Å². The molecule has 0 bridgehead atoms. The maximum absolute atomic E-state index is 12.8. The highest BCUT2D eigenvalue weighted by Gasteiger charge is 2.48. The average Bonchev–Trinajstić information content (AvgIpc) is 2.92. The number of nitro groups is 1. The number of nitrogens with one attached hydrogen (secondary N) is 1. The van der Waals surface area contributed by atoms with Crippen LogP contribution in [0.4, 0.5) is 10.5 Å². The standard InChI is InChI=1S/C19H19N3O6/c1-19(13-3-5-14(6-4-13)22(25)26)17(23)21(18(24)20-19)11-12-28-16-9-7-15(27-2)8-10-16/h3-10H,11-12H2,1-2H3,(H,20,24). The lowest BCUT2D eigenvalue weighted by molar-refractivity contribution is -0.384. The quantitative estimate of drug-likeness (QED) is 0.445. The number of nitrogens with zero attached hydrogens (tertiary/aromatic N) is 2. The van der Waals surface area contributed by atoms with Crippen molar-refractivity contribution in [3.63, 3.8) is 0 Å². The maximum atomic E-state index is 12.8. The van der Waals surface area contributed by atoms with Crippen LogP contribution in [0, 0.1) is 10.1 Å². The molecule has 3 amide bonds. The van der Waals surface area contributed by atoms with Crippen LogP contribution in [0.1, 0.15) is 12.5 Å². The van der Waals surface area contributed by atoms with Crippen molar-refractivity contribution < 1.29 is 24.0 Å². The molecule has 1 heterocycles. The van der Waals surface area contributed by atoms with E-state index in [1.807, 2.05) is 0 Å². The number of urea groups is 1. The molecule has 9 nitrogen and oxygen atoms in total. The third-order valence-electron chi connectivity index (χ3n) is 4.57. The summed E-state index contributed by atoms with van der Waals surface area (Å²) < 4.78 is 10.6. The lowest BCUT2D eigenvalue weighted by atomic mass is 9.92. The molecule has 0 aliphatic carbocycles. The van der Waals surface area contributed by atoms with Crippen molar-refractivity contribution in [1.29, 1.82) is 0 Å². The number of carbonyl (C=O) groups excluding carboxylic acids is 2. The van der Waals surface area contributed by atoms with Gasteiger partial charge in [0.05, 0.1) is 18.6 Å². The highest BCUT2D eigenvalue weighted by molar-refractivity contribution is 6.07. The van der Waals surface area contributed by atoms with Crippen LogP contribution < -0.4 is 14.8 Å². The van der Waals surface area contributed by atoms with E-state index in [-0.39, 0.29) is 18.8 Å². The van der Waals surface area contributed by atoms with Crippen LogP contribution in [0.25, 0.3) is 0 Å². The first-order valence-corrected chi connectivity index (χ1v) is 8.51. The Bertz CT molecular complexity index is 897. The number of hydrogen-bond acceptors (Lipinski definition) is 6. The number of carbonyl (C=O) groups is 2. The van der Waals surface area contributed by atoms with Gasteiger partial charge >= 0.3 is 6.03 Å². The number of amides is 3. The molecule has 1 saturated heterocycles. The van der Waals surface area contributed by atoms with Gasteiger partial charge in [0.2, 0.25) is 0 Å². The molecular weight excluding hydrogens is 366 g/mol. The minimum atomic E-state index is -1.29. The predicted molar refractivity (Wildman–Crippen MR) is 99.2 cm³/mol. The zero-order chi connectivity index (χ0) is 20.3. The molecule has 1 fully saturated rings. The zero-order valence-electron chi connectivity index (χ0n) is 15.4. The van der Waals surface area contributed by atoms with Gasteiger partial charge in [0.1, 0.15) is 23.6 Å². The molecule has 2 aromatic rings. The Morgan fingerprint density at radius 2 is 1.68 bits per heavy atom. The van der Waals surface area contributed by atoms with Gasteiger partial charge in [-0.2, -0.15) is 0 Å². The first-order valence-electron chi connectivity index (χ1n) is 8.51. The van der Waals surface area contributed by atoms with Crippen molar-refractivity contribution in [1.82, 2.24) is 10.2 Å². The van der Waals surface area contributed by atoms with E-state index in [9.17, 15) is 19.7 Å². The third-order valence-corrected chi connectivity index (χ3v) is 4.57. The van der Waals surface area contributed by atoms with Crippen LogP contribution in [0.15, 0.2) is 48.5 Å². The Labute approximate surface area is 161 Å². The fourth-order valence-electron chi connectivity index (χ4n) is 2.94. The largest absolute Gasteiger partial charge is 0.497 e. The molecule has 1 atom stereocenters. The lowest BCUT2D eigenvalue weighted by Crippen LogP contribution is -2.41. The molecule has 0 radical (unpaired) electrons. The number of methoxy groups -OCH3 is 1. The SMILES string of the molecule is COc1ccc(OCCN2C(=O)NC(C)(c3ccc([N+](=O)[O-])cc3)C2=O)cc1. The molecule has 1 aliphatic heterocycles. The first-order chi connectivity index (χ1) is 13.3. The van der Waals surface area contributed by atoms with Crippen molar-refractivity contribution in [2.75, 3.05) is 20.3 Å². The van der Waals surface area contributed by atoms with Gasteiger partial charge in [0, 0.05) is 12.1 Å². The first kappa shape index (κ1) is 19.2. The molecule has 2 aromatic carbocycles. The van der Waals surface area contributed by atoms with Crippen molar-refractivity contribution in [3.8, 4) is 11.5 Å². The fourth-order valence-corrected chi connectivity index (χ4v) is 2.94. The van der Waals surface area contributed by atoms with E-state index < -0.39 is 22.4 Å². The third kappa shape index (κ3) is 3.59. The van der Waals surface area contributed by atoms with Crippen molar-refractivity contribution in [2.24, 2.45) is 0 Å². The van der Waals surface area contributed by atoms with Gasteiger partial charge in [-0.05, 0) is 48.9 Å². The number of hydrogen-bond donors (Lipinski definition) is 1. The van der Waals surface area contributed by atoms with Gasteiger partial charge in [0.25, 0.3) is 11.6 Å². The predicted octanol–water partition coefficient (Wildman–Crippen LogP) is 2.45. The van der Waals surface area contributed by atoms with Crippen molar-refractivity contribution in [3.05, 3.63) is 64.2 Å². The zero-order valence-corrected chi connectivity index (χ0v) is 15.4. The second-order valence-electron chi connectivity index (χ2n) is 6.34. The Hall–Kier alpha value is -3.62. The molecule has 146 valence electrons. The average molecular weight is 385 g/mol. The topological polar surface area (TPSA) is 111 Å². The Kier molecular flexibility index (Phi) is 5.16. The van der Waals surface area contributed by atoms with E-state index in [0.717, 1.165) is 4.90 Å². The molecule has 0 aromatic heterocycles. The van der Waals surface area contributed by atoms with Gasteiger partial charge in [-0.25, -0.2) is 4.79 Å². The normalized spacial score (nSPS) is 18.7. The summed E-state index contributed by atoms with van der Waals surface area (Å²) in [6.45, 7) is 1.76. The van der Waals surface area contributed by atoms with Crippen LogP contribution in [0.2, 0.25) is 0 Å². The lowest BCUT2D eigenvalue weighted by Gasteiger charge is -2.22. The van der Waals surface area contributed by atoms with E-state index in [2.05, 4.69) is 5.32 Å². The smallest absolute Gasteiger partial charge is 0.325 e. The Morgan fingerprint density at radius 1 is 1.07 bits per heavy atom. The van der Waals surface area contributed by atoms with Gasteiger partial charge in [-0.3, -0.25) is 19.8 Å². The number of nitro benzene ring substituents is 1. The number of ether oxygens (including phenoxy) is 2. The number of rotatable bonds is 7. The molecule has 1 N–H and O–H groups in total. The van der Waals surface area contributed by atoms with Crippen LogP contribution in [-0.2, 0) is 10.3 Å². The summed E-state index contributed by atoms with van der Waals surface area (Å²) in [4.78, 5) is 36.5. The Balaban J connectivity index is 1.65. The molecule has 0 spiro atoms. The molecule has 0 saturated carbocycles. The summed E-state index contributed by atoms with van der Waals surface area (Å²) in [5, 5.41) is 13.4. The second kappa shape index (κ2) is 7.55. The molecule has 28 heavy (non-hydrogen) atoms. The molecule has 1 aliphatic rings. The highest BCUT2D eigenvalue weighted by atomic mass is 16.6. The summed E-state index contributed by atoms with van der Waals surface area (Å²) in [6, 6.07) is 11.9. The van der Waals surface area contributed by atoms with Crippen LogP contribution in [0.5, 0.6) is 11.5 Å². The highest BCUT2D eigenvalue weighted by Crippen LogP contribution is 2.30. The van der Waals surface area contributed by atoms with E-state index in [1.54, 1.807) is 38.3 Å². The number of non-ortho nitro benzene ring substituents is 1. The summed E-state index contributed by atoms with van der Waals surface area (Å²) in [5.41, 5.74) is -0.907. The Morgan fingerprint density at radius 3 is 2.25 bits per heavy atom. The molecule has 3 rings (SSSR count). The van der Waals surface area contributed by atoms with E-state index in [0.29, 0.717) is 17.1 Å². The van der Waals surface area contributed by atoms with Crippen LogP contribution >= 0.6 is 0 Å². The summed E-state index contributed by atoms with van der Waals surface area (Å²) in [7, 11) is 1.56. The van der Waals surface area contributed by atoms with Crippen LogP contribution in [-0.4, -0.2) is 42.0 Å². The molecule has 1 unspecified atom stereocenters. The van der Waals surface area contributed by atoms with Gasteiger partial charge < -0.3 is 14.8 Å². The monoisotopic (exact) mass is 385 g/mol. The number of benzene rings is 2. The fraction of sp³-hybridized carbons (Fsp3) is 0.263. The van der Waals surface area contributed by atoms with Crippen LogP contribution in [0.3, 0.4) is 0 Å². The summed E-state index contributed by atoms with van der Waals surface area (Å²) >= 11 is 0. The summed E-state index contributed by atoms with van der Waals surface area (Å²) in [5.74, 6) is 0.844. The van der Waals surface area contributed by atoms with Crippen molar-refractivity contribution >= 4 is 17.6 Å². The van der Waals surface area contributed by atoms with Crippen molar-refractivity contribution in [2.45, 2.75) is 12.5 Å². The van der Waals surface area contributed by atoms with E-state index >= 15 is 0 Å². The second-order valence-corrected chi connectivity index (χ2v) is 6.34. The van der Waals surface area contributed by atoms with Gasteiger partial charge in [-0.15, -0.1) is 0 Å². The molecular formula is C19H19N3O6.